The Hall–Kier alpha value is -0.935. The molecule has 2 fully saturated rings. The predicted octanol–water partition coefficient (Wildman–Crippen LogP) is 3.91. The average Bonchev–Trinajstić information content (AvgIpc) is 3.06. The molecular weight excluding hydrogens is 261 g/mol. The van der Waals surface area contributed by atoms with Gasteiger partial charge in [0.15, 0.2) is 0 Å². The van der Waals surface area contributed by atoms with Crippen LogP contribution in [0.1, 0.15) is 45.6 Å². The summed E-state index contributed by atoms with van der Waals surface area (Å²) in [6, 6.07) is 3.61. The first-order valence-electron chi connectivity index (χ1n) is 7.02. The fourth-order valence-electron chi connectivity index (χ4n) is 2.74. The molecule has 1 aromatic rings. The maximum absolute atomic E-state index is 13.8. The summed E-state index contributed by atoms with van der Waals surface area (Å²) >= 11 is 0. The average molecular weight is 280 g/mol. The van der Waals surface area contributed by atoms with E-state index in [1.807, 2.05) is 27.7 Å². The molecule has 0 amide bonds. The molecule has 1 aromatic carbocycles. The van der Waals surface area contributed by atoms with Gasteiger partial charge in [0.05, 0.1) is 11.2 Å². The van der Waals surface area contributed by atoms with Crippen LogP contribution < -0.4 is 0 Å². The molecule has 2 aliphatic rings. The lowest BCUT2D eigenvalue weighted by atomic mass is 9.79. The van der Waals surface area contributed by atoms with Gasteiger partial charge in [-0.3, -0.25) is 0 Å². The minimum Gasteiger partial charge on any atom is -0.403 e. The van der Waals surface area contributed by atoms with Gasteiger partial charge in [-0.15, -0.1) is 0 Å². The van der Waals surface area contributed by atoms with Crippen molar-refractivity contribution in [3.8, 4) is 0 Å². The Kier molecular flexibility index (Phi) is 3.00. The minimum absolute atomic E-state index is 0.0135. The lowest BCUT2D eigenvalue weighted by Crippen LogP contribution is -2.41. The summed E-state index contributed by atoms with van der Waals surface area (Å²) in [5.74, 6) is -0.663. The molecule has 20 heavy (non-hydrogen) atoms. The summed E-state index contributed by atoms with van der Waals surface area (Å²) in [7, 11) is -0.340. The minimum atomic E-state index is -0.402. The molecular formula is C15H19BF2O2. The number of benzene rings is 1. The van der Waals surface area contributed by atoms with Crippen LogP contribution in [0.25, 0.3) is 0 Å². The molecule has 0 unspecified atom stereocenters. The van der Waals surface area contributed by atoms with E-state index in [9.17, 15) is 8.78 Å². The summed E-state index contributed by atoms with van der Waals surface area (Å²) < 4.78 is 39.0. The summed E-state index contributed by atoms with van der Waals surface area (Å²) in [4.78, 5) is 0. The zero-order chi connectivity index (χ0) is 14.7. The molecule has 1 aliphatic heterocycles. The SMILES string of the molecule is CC1(C)OB([C@@H]2C[C@H]2c2cc(F)ccc2F)OC1(C)C. The van der Waals surface area contributed by atoms with Crippen molar-refractivity contribution in [2.75, 3.05) is 0 Å². The normalized spacial score (nSPS) is 30.6. The molecule has 0 N–H and O–H groups in total. The van der Waals surface area contributed by atoms with Crippen molar-refractivity contribution in [2.24, 2.45) is 0 Å². The van der Waals surface area contributed by atoms with E-state index in [1.54, 1.807) is 0 Å². The number of hydrogen-bond acceptors (Lipinski definition) is 2. The summed E-state index contributed by atoms with van der Waals surface area (Å²) in [5, 5.41) is 0. The molecule has 5 heteroatoms. The zero-order valence-corrected chi connectivity index (χ0v) is 12.2. The van der Waals surface area contributed by atoms with Crippen molar-refractivity contribution >= 4 is 7.12 Å². The van der Waals surface area contributed by atoms with Crippen LogP contribution in [0, 0.1) is 11.6 Å². The molecule has 3 rings (SSSR count). The maximum Gasteiger partial charge on any atom is 0.461 e. The number of rotatable bonds is 2. The molecule has 0 radical (unpaired) electrons. The van der Waals surface area contributed by atoms with Crippen LogP contribution in [0.5, 0.6) is 0 Å². The van der Waals surface area contributed by atoms with Gasteiger partial charge in [0.1, 0.15) is 11.6 Å². The highest BCUT2D eigenvalue weighted by atomic mass is 19.1. The van der Waals surface area contributed by atoms with Crippen LogP contribution in [-0.4, -0.2) is 18.3 Å². The summed E-state index contributed by atoms with van der Waals surface area (Å²) in [5.41, 5.74) is -0.332. The molecule has 0 spiro atoms. The van der Waals surface area contributed by atoms with Gasteiger partial charge in [0.25, 0.3) is 0 Å². The summed E-state index contributed by atoms with van der Waals surface area (Å²) in [6.45, 7) is 7.97. The molecule has 2 nitrogen and oxygen atoms in total. The predicted molar refractivity (Wildman–Crippen MR) is 73.5 cm³/mol. The molecule has 1 aliphatic carbocycles. The Labute approximate surface area is 118 Å². The topological polar surface area (TPSA) is 18.5 Å². The quantitative estimate of drug-likeness (QED) is 0.764. The monoisotopic (exact) mass is 280 g/mol. The van der Waals surface area contributed by atoms with Crippen LogP contribution in [0.3, 0.4) is 0 Å². The third kappa shape index (κ3) is 2.17. The first-order chi connectivity index (χ1) is 9.21. The zero-order valence-electron chi connectivity index (χ0n) is 12.2. The Balaban J connectivity index is 1.76. The largest absolute Gasteiger partial charge is 0.461 e. The van der Waals surface area contributed by atoms with E-state index in [4.69, 9.17) is 9.31 Å². The van der Waals surface area contributed by atoms with Gasteiger partial charge < -0.3 is 9.31 Å². The van der Waals surface area contributed by atoms with Gasteiger partial charge in [-0.2, -0.15) is 0 Å². The first-order valence-corrected chi connectivity index (χ1v) is 7.02. The Morgan fingerprint density at radius 3 is 2.30 bits per heavy atom. The van der Waals surface area contributed by atoms with Crippen LogP contribution in [0.2, 0.25) is 5.82 Å². The van der Waals surface area contributed by atoms with E-state index in [1.165, 1.54) is 12.1 Å². The van der Waals surface area contributed by atoms with Gasteiger partial charge in [-0.25, -0.2) is 8.78 Å². The van der Waals surface area contributed by atoms with Crippen LogP contribution >= 0.6 is 0 Å². The van der Waals surface area contributed by atoms with Crippen LogP contribution in [-0.2, 0) is 9.31 Å². The molecule has 2 atom stereocenters. The molecule has 0 bridgehead atoms. The molecule has 1 saturated carbocycles. The highest BCUT2D eigenvalue weighted by Gasteiger charge is 2.60. The van der Waals surface area contributed by atoms with E-state index in [0.717, 1.165) is 12.5 Å². The van der Waals surface area contributed by atoms with Gasteiger partial charge in [0, 0.05) is 5.82 Å². The molecule has 1 heterocycles. The maximum atomic E-state index is 13.8. The highest BCUT2D eigenvalue weighted by molar-refractivity contribution is 6.49. The van der Waals surface area contributed by atoms with Crippen molar-refractivity contribution < 1.29 is 18.1 Å². The van der Waals surface area contributed by atoms with E-state index in [-0.39, 0.29) is 35.9 Å². The van der Waals surface area contributed by atoms with E-state index < -0.39 is 5.82 Å². The van der Waals surface area contributed by atoms with E-state index in [0.29, 0.717) is 5.56 Å². The Bertz CT molecular complexity index is 529. The fourth-order valence-corrected chi connectivity index (χ4v) is 2.74. The second kappa shape index (κ2) is 4.28. The summed E-state index contributed by atoms with van der Waals surface area (Å²) in [6.07, 6.45) is 0.775. The lowest BCUT2D eigenvalue weighted by Gasteiger charge is -2.32. The lowest BCUT2D eigenvalue weighted by molar-refractivity contribution is 0.00578. The van der Waals surface area contributed by atoms with Gasteiger partial charge in [-0.05, 0) is 63.8 Å². The van der Waals surface area contributed by atoms with E-state index in [2.05, 4.69) is 0 Å². The standard InChI is InChI=1S/C15H19BF2O2/c1-14(2)15(3,4)20-16(19-14)12-8-10(12)11-7-9(17)5-6-13(11)18/h5-7,10,12H,8H2,1-4H3/t10-,12+/m0/s1. The van der Waals surface area contributed by atoms with Gasteiger partial charge in [-0.1, -0.05) is 0 Å². The first kappa shape index (κ1) is 14.0. The Morgan fingerprint density at radius 1 is 1.10 bits per heavy atom. The third-order valence-corrected chi connectivity index (χ3v) is 4.82. The van der Waals surface area contributed by atoms with Crippen LogP contribution in [0.15, 0.2) is 18.2 Å². The molecule has 0 aromatic heterocycles. The van der Waals surface area contributed by atoms with Crippen molar-refractivity contribution in [2.45, 2.75) is 57.1 Å². The second-order valence-corrected chi connectivity index (χ2v) is 6.80. The molecule has 108 valence electrons. The van der Waals surface area contributed by atoms with Gasteiger partial charge in [0.2, 0.25) is 0 Å². The van der Waals surface area contributed by atoms with E-state index >= 15 is 0 Å². The fraction of sp³-hybridized carbons (Fsp3) is 0.600. The smallest absolute Gasteiger partial charge is 0.403 e. The number of hydrogen-bond donors (Lipinski definition) is 0. The second-order valence-electron chi connectivity index (χ2n) is 6.80. The highest BCUT2D eigenvalue weighted by Crippen LogP contribution is 2.58. The van der Waals surface area contributed by atoms with Crippen molar-refractivity contribution in [1.29, 1.82) is 0 Å². The van der Waals surface area contributed by atoms with Gasteiger partial charge >= 0.3 is 7.12 Å². The van der Waals surface area contributed by atoms with Crippen molar-refractivity contribution in [3.63, 3.8) is 0 Å². The third-order valence-electron chi connectivity index (χ3n) is 4.82. The van der Waals surface area contributed by atoms with Crippen molar-refractivity contribution in [3.05, 3.63) is 35.4 Å². The number of halogens is 2. The Morgan fingerprint density at radius 2 is 1.70 bits per heavy atom. The van der Waals surface area contributed by atoms with Crippen molar-refractivity contribution in [1.82, 2.24) is 0 Å². The molecule has 1 saturated heterocycles. The van der Waals surface area contributed by atoms with Crippen LogP contribution in [0.4, 0.5) is 8.78 Å².